The van der Waals surface area contributed by atoms with E-state index in [1.807, 2.05) is 13.0 Å². The van der Waals surface area contributed by atoms with Crippen LogP contribution in [0.2, 0.25) is 10.0 Å². The molecule has 0 spiro atoms. The van der Waals surface area contributed by atoms with Crippen molar-refractivity contribution in [1.29, 1.82) is 5.26 Å². The maximum Gasteiger partial charge on any atom is 0.262 e. The maximum absolute atomic E-state index is 12.2. The van der Waals surface area contributed by atoms with Gasteiger partial charge in [0.25, 0.3) is 5.91 Å². The highest BCUT2D eigenvalue weighted by Gasteiger charge is 2.11. The number of ether oxygens (including phenoxy) is 3. The standard InChI is InChI=1S/C26H22Cl2N2O4/c1-16-4-7-20(13-21(16)27)30-26(31)15-34-23-8-5-17(11-22(23)28)10-19(14-29)18-6-9-24(32-2)25(12-18)33-3/h4-13H,15H2,1-3H3,(H,30,31)/b19-10+. The first kappa shape index (κ1) is 25.0. The molecule has 34 heavy (non-hydrogen) atoms. The monoisotopic (exact) mass is 496 g/mol. The molecule has 0 bridgehead atoms. The van der Waals surface area contributed by atoms with Crippen molar-refractivity contribution in [3.8, 4) is 23.3 Å². The molecule has 0 fully saturated rings. The Balaban J connectivity index is 1.70. The van der Waals surface area contributed by atoms with Gasteiger partial charge < -0.3 is 19.5 Å². The average Bonchev–Trinajstić information content (AvgIpc) is 2.83. The Labute approximate surface area is 208 Å². The van der Waals surface area contributed by atoms with Crippen molar-refractivity contribution in [3.63, 3.8) is 0 Å². The zero-order valence-corrected chi connectivity index (χ0v) is 20.3. The number of anilines is 1. The minimum Gasteiger partial charge on any atom is -0.493 e. The number of halogens is 2. The number of nitrogens with zero attached hydrogens (tertiary/aromatic N) is 1. The Kier molecular flexibility index (Phi) is 8.42. The molecule has 1 N–H and O–H groups in total. The van der Waals surface area contributed by atoms with Crippen LogP contribution in [-0.2, 0) is 4.79 Å². The Morgan fingerprint density at radius 3 is 2.35 bits per heavy atom. The van der Waals surface area contributed by atoms with Crippen molar-refractivity contribution in [1.82, 2.24) is 0 Å². The van der Waals surface area contributed by atoms with Gasteiger partial charge in [-0.1, -0.05) is 35.3 Å². The number of methoxy groups -OCH3 is 2. The van der Waals surface area contributed by atoms with E-state index in [9.17, 15) is 10.1 Å². The van der Waals surface area contributed by atoms with Crippen LogP contribution in [0.1, 0.15) is 16.7 Å². The minimum atomic E-state index is -0.347. The average molecular weight is 497 g/mol. The molecule has 1 amide bonds. The Bertz CT molecular complexity index is 1280. The van der Waals surface area contributed by atoms with Crippen molar-refractivity contribution in [2.75, 3.05) is 26.1 Å². The van der Waals surface area contributed by atoms with E-state index < -0.39 is 0 Å². The third-order valence-electron chi connectivity index (χ3n) is 4.90. The van der Waals surface area contributed by atoms with Gasteiger partial charge in [0.05, 0.1) is 30.9 Å². The van der Waals surface area contributed by atoms with E-state index >= 15 is 0 Å². The quantitative estimate of drug-likeness (QED) is 0.288. The normalized spacial score (nSPS) is 10.9. The van der Waals surface area contributed by atoms with E-state index in [4.69, 9.17) is 37.4 Å². The zero-order chi connectivity index (χ0) is 24.7. The third-order valence-corrected chi connectivity index (χ3v) is 5.60. The van der Waals surface area contributed by atoms with Crippen LogP contribution in [0.25, 0.3) is 11.6 Å². The van der Waals surface area contributed by atoms with Gasteiger partial charge in [0.15, 0.2) is 18.1 Å². The van der Waals surface area contributed by atoms with E-state index in [2.05, 4.69) is 11.4 Å². The highest BCUT2D eigenvalue weighted by Crippen LogP contribution is 2.32. The second-order valence-corrected chi connectivity index (χ2v) is 8.04. The summed E-state index contributed by atoms with van der Waals surface area (Å²) in [6, 6.07) is 17.7. The highest BCUT2D eigenvalue weighted by atomic mass is 35.5. The van der Waals surface area contributed by atoms with Gasteiger partial charge in [0.1, 0.15) is 5.75 Å². The number of nitrogens with one attached hydrogen (secondary N) is 1. The number of aryl methyl sites for hydroxylation is 1. The fourth-order valence-electron chi connectivity index (χ4n) is 3.09. The summed E-state index contributed by atoms with van der Waals surface area (Å²) in [4.78, 5) is 12.2. The number of hydrogen-bond donors (Lipinski definition) is 1. The lowest BCUT2D eigenvalue weighted by molar-refractivity contribution is -0.118. The molecule has 3 aromatic rings. The number of benzene rings is 3. The summed E-state index contributed by atoms with van der Waals surface area (Å²) in [6.45, 7) is 1.65. The molecule has 0 aliphatic rings. The second-order valence-electron chi connectivity index (χ2n) is 7.23. The van der Waals surface area contributed by atoms with Crippen LogP contribution in [0.4, 0.5) is 5.69 Å². The molecule has 8 heteroatoms. The molecule has 174 valence electrons. The van der Waals surface area contributed by atoms with Gasteiger partial charge in [-0.3, -0.25) is 4.79 Å². The van der Waals surface area contributed by atoms with Crippen molar-refractivity contribution < 1.29 is 19.0 Å². The number of allylic oxidation sites excluding steroid dienone is 1. The summed E-state index contributed by atoms with van der Waals surface area (Å²) in [6.07, 6.45) is 1.70. The molecule has 3 rings (SSSR count). The van der Waals surface area contributed by atoms with Gasteiger partial charge in [-0.25, -0.2) is 0 Å². The largest absolute Gasteiger partial charge is 0.493 e. The maximum atomic E-state index is 12.2. The van der Waals surface area contributed by atoms with Crippen LogP contribution in [0.3, 0.4) is 0 Å². The van der Waals surface area contributed by atoms with Gasteiger partial charge in [-0.15, -0.1) is 0 Å². The molecule has 0 aliphatic heterocycles. The van der Waals surface area contributed by atoms with E-state index in [0.29, 0.717) is 49.7 Å². The first-order valence-corrected chi connectivity index (χ1v) is 10.9. The van der Waals surface area contributed by atoms with Crippen LogP contribution >= 0.6 is 23.2 Å². The smallest absolute Gasteiger partial charge is 0.262 e. The lowest BCUT2D eigenvalue weighted by Gasteiger charge is -2.11. The van der Waals surface area contributed by atoms with Crippen LogP contribution in [-0.4, -0.2) is 26.7 Å². The van der Waals surface area contributed by atoms with E-state index in [0.717, 1.165) is 5.56 Å². The summed E-state index contributed by atoms with van der Waals surface area (Å²) in [5.74, 6) is 1.09. The summed E-state index contributed by atoms with van der Waals surface area (Å²) in [5.41, 5.74) is 3.28. The van der Waals surface area contributed by atoms with E-state index in [1.165, 1.54) is 7.11 Å². The van der Waals surface area contributed by atoms with Crippen LogP contribution in [0, 0.1) is 18.3 Å². The van der Waals surface area contributed by atoms with Crippen molar-refractivity contribution in [2.24, 2.45) is 0 Å². The number of carbonyl (C=O) groups excluding carboxylic acids is 1. The topological polar surface area (TPSA) is 80.6 Å². The van der Waals surface area contributed by atoms with Crippen LogP contribution in [0.5, 0.6) is 17.2 Å². The van der Waals surface area contributed by atoms with Crippen LogP contribution < -0.4 is 19.5 Å². The molecular formula is C26H22Cl2N2O4. The summed E-state index contributed by atoms with van der Waals surface area (Å²) in [5, 5.41) is 13.3. The predicted molar refractivity (Wildman–Crippen MR) is 135 cm³/mol. The number of carbonyl (C=O) groups is 1. The molecule has 0 heterocycles. The first-order valence-electron chi connectivity index (χ1n) is 10.2. The molecule has 3 aromatic carbocycles. The number of nitriles is 1. The number of rotatable bonds is 8. The second kappa shape index (κ2) is 11.5. The predicted octanol–water partition coefficient (Wildman–Crippen LogP) is 6.40. The summed E-state index contributed by atoms with van der Waals surface area (Å²) in [7, 11) is 3.08. The fraction of sp³-hybridized carbons (Fsp3) is 0.154. The summed E-state index contributed by atoms with van der Waals surface area (Å²) >= 11 is 12.4. The number of amides is 1. The highest BCUT2D eigenvalue weighted by molar-refractivity contribution is 6.32. The fourth-order valence-corrected chi connectivity index (χ4v) is 3.51. The SMILES string of the molecule is COc1ccc(/C(C#N)=C/c2ccc(OCC(=O)Nc3ccc(C)c(Cl)c3)c(Cl)c2)cc1OC. The van der Waals surface area contributed by atoms with E-state index in [-0.39, 0.29) is 12.5 Å². The molecule has 6 nitrogen and oxygen atoms in total. The van der Waals surface area contributed by atoms with Gasteiger partial charge in [0.2, 0.25) is 0 Å². The Morgan fingerprint density at radius 2 is 1.71 bits per heavy atom. The molecule has 0 radical (unpaired) electrons. The molecule has 0 aromatic heterocycles. The van der Waals surface area contributed by atoms with Gasteiger partial charge in [0, 0.05) is 10.7 Å². The molecular weight excluding hydrogens is 475 g/mol. The lowest BCUT2D eigenvalue weighted by Crippen LogP contribution is -2.20. The molecule has 0 unspecified atom stereocenters. The van der Waals surface area contributed by atoms with Gasteiger partial charge >= 0.3 is 0 Å². The Hall–Kier alpha value is -3.66. The van der Waals surface area contributed by atoms with Crippen molar-refractivity contribution in [2.45, 2.75) is 6.92 Å². The van der Waals surface area contributed by atoms with Gasteiger partial charge in [-0.2, -0.15) is 5.26 Å². The van der Waals surface area contributed by atoms with Gasteiger partial charge in [-0.05, 0) is 72.2 Å². The van der Waals surface area contributed by atoms with Crippen molar-refractivity contribution >= 4 is 46.4 Å². The van der Waals surface area contributed by atoms with E-state index in [1.54, 1.807) is 61.7 Å². The van der Waals surface area contributed by atoms with Crippen molar-refractivity contribution in [3.05, 3.63) is 81.3 Å². The zero-order valence-electron chi connectivity index (χ0n) is 18.8. The van der Waals surface area contributed by atoms with Crippen LogP contribution in [0.15, 0.2) is 54.6 Å². The first-order chi connectivity index (χ1) is 16.3. The molecule has 0 atom stereocenters. The third kappa shape index (κ3) is 6.22. The lowest BCUT2D eigenvalue weighted by atomic mass is 10.0. The molecule has 0 saturated heterocycles. The number of hydrogen-bond acceptors (Lipinski definition) is 5. The minimum absolute atomic E-state index is 0.227. The molecule has 0 saturated carbocycles. The summed E-state index contributed by atoms with van der Waals surface area (Å²) < 4.78 is 16.1. The molecule has 0 aliphatic carbocycles. The Morgan fingerprint density at radius 1 is 0.971 bits per heavy atom.